The number of carbonyl (C=O) groups is 3. The van der Waals surface area contributed by atoms with Gasteiger partial charge in [0.1, 0.15) is 6.07 Å². The second kappa shape index (κ2) is 12.6. The van der Waals surface area contributed by atoms with Crippen LogP contribution in [0.5, 0.6) is 0 Å². The number of amides is 2. The zero-order chi connectivity index (χ0) is 28.7. The van der Waals surface area contributed by atoms with Gasteiger partial charge in [0.15, 0.2) is 0 Å². The van der Waals surface area contributed by atoms with Gasteiger partial charge in [0.2, 0.25) is 5.91 Å². The fourth-order valence-corrected chi connectivity index (χ4v) is 4.43. The molecule has 10 nitrogen and oxygen atoms in total. The third-order valence-electron chi connectivity index (χ3n) is 5.30. The molecule has 2 aromatic heterocycles. The number of anilines is 1. The number of nitriles is 1. The first-order valence-electron chi connectivity index (χ1n) is 11.0. The Labute approximate surface area is 227 Å². The largest absolute Gasteiger partial charge is 0.490 e. The van der Waals surface area contributed by atoms with Crippen molar-refractivity contribution >= 4 is 46.4 Å². The lowest BCUT2D eigenvalue weighted by Gasteiger charge is -2.14. The molecule has 1 aliphatic heterocycles. The number of carboxylic acid groups (broad SMARTS) is 1. The van der Waals surface area contributed by atoms with Crippen LogP contribution >= 0.6 is 22.9 Å². The Balaban J connectivity index is 0.000000532. The van der Waals surface area contributed by atoms with E-state index in [1.165, 1.54) is 22.0 Å². The van der Waals surface area contributed by atoms with Gasteiger partial charge in [0.25, 0.3) is 11.5 Å². The molecule has 0 spiro atoms. The van der Waals surface area contributed by atoms with Crippen molar-refractivity contribution in [3.05, 3.63) is 79.9 Å². The number of thiophene rings is 1. The lowest BCUT2D eigenvalue weighted by atomic mass is 10.1. The summed E-state index contributed by atoms with van der Waals surface area (Å²) < 4.78 is 33.7. The molecule has 1 aliphatic rings. The van der Waals surface area contributed by atoms with Crippen molar-refractivity contribution in [3.63, 3.8) is 0 Å². The van der Waals surface area contributed by atoms with Crippen molar-refractivity contribution in [2.75, 3.05) is 11.9 Å². The van der Waals surface area contributed by atoms with Crippen molar-refractivity contribution < 1.29 is 32.7 Å². The minimum Gasteiger partial charge on any atom is -0.475 e. The van der Waals surface area contributed by atoms with Crippen LogP contribution in [0.1, 0.15) is 21.7 Å². The average molecular weight is 582 g/mol. The number of halogens is 4. The topological polar surface area (TPSA) is 153 Å². The number of hydrogen-bond acceptors (Lipinski definition) is 7. The van der Waals surface area contributed by atoms with Crippen molar-refractivity contribution in [2.45, 2.75) is 24.7 Å². The number of pyridine rings is 1. The van der Waals surface area contributed by atoms with Gasteiger partial charge in [-0.05, 0) is 42.8 Å². The fraction of sp³-hybridized carbons (Fsp3) is 0.208. The van der Waals surface area contributed by atoms with Gasteiger partial charge in [-0.15, -0.1) is 11.3 Å². The summed E-state index contributed by atoms with van der Waals surface area (Å²) in [6.07, 6.45) is -3.06. The van der Waals surface area contributed by atoms with Crippen LogP contribution in [0.2, 0.25) is 4.34 Å². The molecule has 204 valence electrons. The van der Waals surface area contributed by atoms with E-state index in [-0.39, 0.29) is 29.0 Å². The van der Waals surface area contributed by atoms with E-state index < -0.39 is 18.2 Å². The molecule has 1 fully saturated rings. The van der Waals surface area contributed by atoms with Crippen LogP contribution in [0.15, 0.2) is 59.5 Å². The Morgan fingerprint density at radius 3 is 2.49 bits per heavy atom. The molecule has 15 heteroatoms. The van der Waals surface area contributed by atoms with Gasteiger partial charge in [-0.2, -0.15) is 18.4 Å². The summed E-state index contributed by atoms with van der Waals surface area (Å²) in [7, 11) is 0. The maximum atomic E-state index is 12.7. The van der Waals surface area contributed by atoms with Crippen LogP contribution in [0, 0.1) is 11.3 Å². The van der Waals surface area contributed by atoms with Gasteiger partial charge in [-0.25, -0.2) is 4.79 Å². The van der Waals surface area contributed by atoms with Gasteiger partial charge in [-0.3, -0.25) is 19.0 Å². The molecular weight excluding hydrogens is 563 g/mol. The standard InChI is InChI=1S/C22H18ClN5O3S.C2HF3O2/c23-19-7-6-18(32-19)22(31)26-14-10-17(25-12-14)21(30)27-16-5-4-15(9-13(16)11-24)28-8-2-1-3-20(28)29;3-2(4,5)1(6)7/h1-9,14,17,25H,10,12H2,(H,26,31)(H,27,30);(H,6,7). The second-order valence-electron chi connectivity index (χ2n) is 8.01. The van der Waals surface area contributed by atoms with Gasteiger partial charge >= 0.3 is 12.1 Å². The highest BCUT2D eigenvalue weighted by Gasteiger charge is 2.38. The molecule has 39 heavy (non-hydrogen) atoms. The van der Waals surface area contributed by atoms with E-state index in [0.717, 1.165) is 0 Å². The number of carbonyl (C=O) groups excluding carboxylic acids is 2. The molecule has 4 N–H and O–H groups in total. The van der Waals surface area contributed by atoms with Gasteiger partial charge in [0.05, 0.1) is 32.2 Å². The normalized spacial score (nSPS) is 16.4. The summed E-state index contributed by atoms with van der Waals surface area (Å²) in [6, 6.07) is 14.2. The summed E-state index contributed by atoms with van der Waals surface area (Å²) in [4.78, 5) is 46.5. The van der Waals surface area contributed by atoms with Crippen molar-refractivity contribution in [1.29, 1.82) is 5.26 Å². The maximum Gasteiger partial charge on any atom is 0.490 e. The molecule has 0 saturated carbocycles. The van der Waals surface area contributed by atoms with Crippen LogP contribution in [-0.2, 0) is 9.59 Å². The smallest absolute Gasteiger partial charge is 0.475 e. The summed E-state index contributed by atoms with van der Waals surface area (Å²) in [6.45, 7) is 0.448. The number of hydrogen-bond donors (Lipinski definition) is 4. The van der Waals surface area contributed by atoms with E-state index in [0.29, 0.717) is 33.6 Å². The molecule has 3 aromatic rings. The number of aromatic nitrogens is 1. The Morgan fingerprint density at radius 1 is 1.18 bits per heavy atom. The monoisotopic (exact) mass is 581 g/mol. The van der Waals surface area contributed by atoms with Crippen LogP contribution in [0.25, 0.3) is 5.69 Å². The van der Waals surface area contributed by atoms with Gasteiger partial charge in [-0.1, -0.05) is 17.7 Å². The van der Waals surface area contributed by atoms with Gasteiger partial charge < -0.3 is 21.1 Å². The van der Waals surface area contributed by atoms with Gasteiger partial charge in [0, 0.05) is 24.8 Å². The highest BCUT2D eigenvalue weighted by atomic mass is 35.5. The number of nitrogens with zero attached hydrogens (tertiary/aromatic N) is 2. The average Bonchev–Trinajstić information content (AvgIpc) is 3.53. The van der Waals surface area contributed by atoms with Crippen LogP contribution in [0.4, 0.5) is 18.9 Å². The van der Waals surface area contributed by atoms with E-state index in [4.69, 9.17) is 21.5 Å². The van der Waals surface area contributed by atoms with Crippen molar-refractivity contribution in [1.82, 2.24) is 15.2 Å². The minimum atomic E-state index is -5.08. The molecule has 0 aliphatic carbocycles. The maximum absolute atomic E-state index is 12.7. The molecule has 1 aromatic carbocycles. The summed E-state index contributed by atoms with van der Waals surface area (Å²) >= 11 is 7.07. The van der Waals surface area contributed by atoms with Crippen LogP contribution in [-0.4, -0.2) is 52.3 Å². The third kappa shape index (κ3) is 7.90. The molecule has 1 saturated heterocycles. The van der Waals surface area contributed by atoms with E-state index in [9.17, 15) is 32.8 Å². The van der Waals surface area contributed by atoms with E-state index in [1.54, 1.807) is 48.7 Å². The Bertz CT molecular complexity index is 1480. The first kappa shape index (κ1) is 29.4. The minimum absolute atomic E-state index is 0.207. The number of benzene rings is 1. The van der Waals surface area contributed by atoms with Crippen molar-refractivity contribution in [2.24, 2.45) is 0 Å². The predicted octanol–water partition coefficient (Wildman–Crippen LogP) is 3.16. The molecule has 2 amide bonds. The van der Waals surface area contributed by atoms with Crippen molar-refractivity contribution in [3.8, 4) is 11.8 Å². The number of carboxylic acids is 1. The summed E-state index contributed by atoms with van der Waals surface area (Å²) in [5.74, 6) is -3.29. The zero-order valence-electron chi connectivity index (χ0n) is 19.7. The number of aliphatic carboxylic acids is 1. The first-order chi connectivity index (χ1) is 18.4. The van der Waals surface area contributed by atoms with E-state index >= 15 is 0 Å². The SMILES string of the molecule is N#Cc1cc(-n2ccccc2=O)ccc1NC(=O)C1CC(NC(=O)c2ccc(Cl)s2)CN1.O=C(O)C(F)(F)F. The van der Waals surface area contributed by atoms with Crippen LogP contribution in [0.3, 0.4) is 0 Å². The molecule has 2 atom stereocenters. The van der Waals surface area contributed by atoms with Crippen LogP contribution < -0.4 is 21.5 Å². The zero-order valence-corrected chi connectivity index (χ0v) is 21.2. The number of rotatable bonds is 5. The third-order valence-corrected chi connectivity index (χ3v) is 6.53. The van der Waals surface area contributed by atoms with E-state index in [2.05, 4.69) is 22.0 Å². The summed E-state index contributed by atoms with van der Waals surface area (Å²) in [5.41, 5.74) is 0.901. The van der Waals surface area contributed by atoms with E-state index in [1.807, 2.05) is 0 Å². The summed E-state index contributed by atoms with van der Waals surface area (Å²) in [5, 5.41) is 25.4. The molecular formula is C24H19ClF3N5O5S. The Morgan fingerprint density at radius 2 is 1.90 bits per heavy atom. The second-order valence-corrected chi connectivity index (χ2v) is 9.73. The quantitative estimate of drug-likeness (QED) is 0.361. The number of nitrogens with one attached hydrogen (secondary N) is 3. The fourth-order valence-electron chi connectivity index (χ4n) is 3.48. The molecule has 0 bridgehead atoms. The highest BCUT2D eigenvalue weighted by Crippen LogP contribution is 2.22. The number of alkyl halides is 3. The lowest BCUT2D eigenvalue weighted by molar-refractivity contribution is -0.192. The molecule has 0 radical (unpaired) electrons. The predicted molar refractivity (Wildman–Crippen MR) is 136 cm³/mol. The molecule has 4 rings (SSSR count). The first-order valence-corrected chi connectivity index (χ1v) is 12.2. The lowest BCUT2D eigenvalue weighted by Crippen LogP contribution is -2.35. The molecule has 3 heterocycles. The highest BCUT2D eigenvalue weighted by molar-refractivity contribution is 7.18. The Kier molecular flexibility index (Phi) is 9.47. The molecule has 2 unspecified atom stereocenters. The Hall–Kier alpha value is -4.19.